The molecule has 2 N–H and O–H groups in total. The third-order valence-electron chi connectivity index (χ3n) is 4.58. The van der Waals surface area contributed by atoms with E-state index in [-0.39, 0.29) is 11.5 Å². The maximum Gasteiger partial charge on any atom is 0.261 e. The zero-order valence-electron chi connectivity index (χ0n) is 15.2. The molecule has 2 aromatic carbocycles. The molecule has 140 valence electrons. The first-order valence-electron chi connectivity index (χ1n) is 8.66. The van der Waals surface area contributed by atoms with Crippen LogP contribution < -0.4 is 11.3 Å². The Morgan fingerprint density at radius 2 is 1.89 bits per heavy atom. The van der Waals surface area contributed by atoms with E-state index in [2.05, 4.69) is 20.9 Å². The Morgan fingerprint density at radius 3 is 2.56 bits per heavy atom. The number of hydrogen-bond acceptors (Lipinski definition) is 4. The fourth-order valence-electron chi connectivity index (χ4n) is 3.12. The number of benzene rings is 2. The minimum Gasteiger partial charge on any atom is -0.329 e. The van der Waals surface area contributed by atoms with Crippen molar-refractivity contribution in [2.75, 3.05) is 13.1 Å². The third kappa shape index (κ3) is 3.79. The molecule has 1 amide bonds. The van der Waals surface area contributed by atoms with Crippen LogP contribution in [0, 0.1) is 0 Å². The van der Waals surface area contributed by atoms with Gasteiger partial charge in [-0.3, -0.25) is 14.2 Å². The molecular formula is C20H21BrN4O2. The lowest BCUT2D eigenvalue weighted by Crippen LogP contribution is -2.40. The number of fused-ring (bicyclic) bond motifs is 1. The lowest BCUT2D eigenvalue weighted by atomic mass is 10.1. The highest BCUT2D eigenvalue weighted by atomic mass is 79.9. The molecule has 1 atom stereocenters. The molecule has 1 aromatic heterocycles. The quantitative estimate of drug-likeness (QED) is 0.677. The summed E-state index contributed by atoms with van der Waals surface area (Å²) in [5, 5.41) is 0.556. The molecule has 3 rings (SSSR count). The topological polar surface area (TPSA) is 81.2 Å². The number of nitrogens with two attached hydrogens (primary N) is 1. The Morgan fingerprint density at radius 1 is 1.22 bits per heavy atom. The van der Waals surface area contributed by atoms with Gasteiger partial charge >= 0.3 is 0 Å². The van der Waals surface area contributed by atoms with Crippen LogP contribution >= 0.6 is 15.9 Å². The minimum absolute atomic E-state index is 0.133. The number of hydrogen-bond donors (Lipinski definition) is 1. The second kappa shape index (κ2) is 8.02. The van der Waals surface area contributed by atoms with Gasteiger partial charge in [-0.05, 0) is 43.3 Å². The molecule has 6 nitrogen and oxygen atoms in total. The van der Waals surface area contributed by atoms with Crippen molar-refractivity contribution in [3.8, 4) is 0 Å². The van der Waals surface area contributed by atoms with E-state index in [0.717, 1.165) is 4.47 Å². The number of carbonyl (C=O) groups is 1. The van der Waals surface area contributed by atoms with Crippen LogP contribution in [-0.4, -0.2) is 33.4 Å². The highest BCUT2D eigenvalue weighted by Gasteiger charge is 2.25. The largest absolute Gasteiger partial charge is 0.329 e. The van der Waals surface area contributed by atoms with Gasteiger partial charge in [0.1, 0.15) is 5.82 Å². The van der Waals surface area contributed by atoms with Crippen molar-refractivity contribution in [3.05, 3.63) is 74.7 Å². The van der Waals surface area contributed by atoms with Gasteiger partial charge in [0, 0.05) is 30.2 Å². The first kappa shape index (κ1) is 19.3. The lowest BCUT2D eigenvalue weighted by Gasteiger charge is -2.29. The summed E-state index contributed by atoms with van der Waals surface area (Å²) >= 11 is 3.38. The highest BCUT2D eigenvalue weighted by molar-refractivity contribution is 9.10. The molecule has 1 unspecified atom stereocenters. The van der Waals surface area contributed by atoms with Gasteiger partial charge in [-0.25, -0.2) is 4.98 Å². The summed E-state index contributed by atoms with van der Waals surface area (Å²) in [5.41, 5.74) is 6.80. The molecule has 27 heavy (non-hydrogen) atoms. The fourth-order valence-corrected chi connectivity index (χ4v) is 3.38. The molecule has 0 fully saturated rings. The first-order valence-corrected chi connectivity index (χ1v) is 9.45. The SMILES string of the molecule is CC(c1nc2ccccc2c(=O)n1C)N(CCN)C(=O)c1ccc(Br)cc1. The first-order chi connectivity index (χ1) is 12.9. The number of aromatic nitrogens is 2. The number of halogens is 1. The normalized spacial score (nSPS) is 12.1. The van der Waals surface area contributed by atoms with Crippen molar-refractivity contribution < 1.29 is 4.79 Å². The average molecular weight is 429 g/mol. The van der Waals surface area contributed by atoms with Gasteiger partial charge in [0.05, 0.1) is 16.9 Å². The summed E-state index contributed by atoms with van der Waals surface area (Å²) in [6, 6.07) is 14.0. The van der Waals surface area contributed by atoms with E-state index >= 15 is 0 Å². The Labute approximate surface area is 165 Å². The van der Waals surface area contributed by atoms with Crippen LogP contribution in [0.5, 0.6) is 0 Å². The Bertz CT molecular complexity index is 1030. The number of para-hydroxylation sites is 1. The summed E-state index contributed by atoms with van der Waals surface area (Å²) in [6.45, 7) is 2.54. The van der Waals surface area contributed by atoms with Crippen molar-refractivity contribution in [2.45, 2.75) is 13.0 Å². The summed E-state index contributed by atoms with van der Waals surface area (Å²) in [7, 11) is 1.68. The zero-order valence-corrected chi connectivity index (χ0v) is 16.8. The molecule has 0 aliphatic rings. The van der Waals surface area contributed by atoms with E-state index in [1.54, 1.807) is 36.2 Å². The molecule has 1 heterocycles. The molecule has 3 aromatic rings. The van der Waals surface area contributed by atoms with E-state index in [0.29, 0.717) is 35.4 Å². The van der Waals surface area contributed by atoms with E-state index in [1.165, 1.54) is 4.57 Å². The molecule has 0 bridgehead atoms. The number of amides is 1. The fraction of sp³-hybridized carbons (Fsp3) is 0.250. The van der Waals surface area contributed by atoms with Crippen LogP contribution in [0.25, 0.3) is 10.9 Å². The second-order valence-corrected chi connectivity index (χ2v) is 7.24. The van der Waals surface area contributed by atoms with Crippen LogP contribution in [0.2, 0.25) is 0 Å². The van der Waals surface area contributed by atoms with Gasteiger partial charge in [-0.1, -0.05) is 28.1 Å². The Kier molecular flexibility index (Phi) is 5.72. The van der Waals surface area contributed by atoms with Crippen molar-refractivity contribution in [1.29, 1.82) is 0 Å². The molecule has 0 aliphatic heterocycles. The summed E-state index contributed by atoms with van der Waals surface area (Å²) in [6.07, 6.45) is 0. The number of carbonyl (C=O) groups excluding carboxylic acids is 1. The van der Waals surface area contributed by atoms with E-state index in [4.69, 9.17) is 5.73 Å². The van der Waals surface area contributed by atoms with Gasteiger partial charge in [0.2, 0.25) is 0 Å². The maximum atomic E-state index is 13.1. The van der Waals surface area contributed by atoms with Crippen LogP contribution in [0.4, 0.5) is 0 Å². The maximum absolute atomic E-state index is 13.1. The van der Waals surface area contributed by atoms with E-state index < -0.39 is 6.04 Å². The van der Waals surface area contributed by atoms with Crippen molar-refractivity contribution >= 4 is 32.7 Å². The summed E-state index contributed by atoms with van der Waals surface area (Å²) < 4.78 is 2.40. The lowest BCUT2D eigenvalue weighted by molar-refractivity contribution is 0.0686. The average Bonchev–Trinajstić information content (AvgIpc) is 2.68. The van der Waals surface area contributed by atoms with Crippen molar-refractivity contribution in [1.82, 2.24) is 14.5 Å². The number of nitrogens with zero attached hydrogens (tertiary/aromatic N) is 3. The van der Waals surface area contributed by atoms with Crippen LogP contribution in [0.1, 0.15) is 29.1 Å². The van der Waals surface area contributed by atoms with Gasteiger partial charge in [0.25, 0.3) is 11.5 Å². The van der Waals surface area contributed by atoms with Gasteiger partial charge < -0.3 is 10.6 Å². The van der Waals surface area contributed by atoms with Gasteiger partial charge in [-0.15, -0.1) is 0 Å². The number of rotatable bonds is 5. The third-order valence-corrected chi connectivity index (χ3v) is 5.11. The van der Waals surface area contributed by atoms with E-state index in [1.807, 2.05) is 31.2 Å². The smallest absolute Gasteiger partial charge is 0.261 e. The molecule has 7 heteroatoms. The highest BCUT2D eigenvalue weighted by Crippen LogP contribution is 2.22. The van der Waals surface area contributed by atoms with Crippen molar-refractivity contribution in [2.24, 2.45) is 12.8 Å². The predicted octanol–water partition coefficient (Wildman–Crippen LogP) is 2.86. The van der Waals surface area contributed by atoms with Crippen molar-refractivity contribution in [3.63, 3.8) is 0 Å². The minimum atomic E-state index is -0.410. The standard InChI is InChI=1S/C20H21BrN4O2/c1-13(18-23-17-6-4-3-5-16(17)20(27)24(18)2)25(12-11-22)19(26)14-7-9-15(21)10-8-14/h3-10,13H,11-12,22H2,1-2H3. The Balaban J connectivity index is 2.05. The molecular weight excluding hydrogens is 408 g/mol. The summed E-state index contributed by atoms with van der Waals surface area (Å²) in [4.78, 5) is 32.1. The predicted molar refractivity (Wildman–Crippen MR) is 110 cm³/mol. The second-order valence-electron chi connectivity index (χ2n) is 6.32. The van der Waals surface area contributed by atoms with Crippen LogP contribution in [-0.2, 0) is 7.05 Å². The zero-order chi connectivity index (χ0) is 19.6. The molecule has 0 aliphatic carbocycles. The Hall–Kier alpha value is -2.51. The molecule has 0 radical (unpaired) electrons. The molecule has 0 spiro atoms. The molecule has 0 saturated carbocycles. The van der Waals surface area contributed by atoms with Crippen LogP contribution in [0.15, 0.2) is 57.8 Å². The van der Waals surface area contributed by atoms with Gasteiger partial charge in [0.15, 0.2) is 0 Å². The van der Waals surface area contributed by atoms with Crippen LogP contribution in [0.3, 0.4) is 0 Å². The molecule has 0 saturated heterocycles. The monoisotopic (exact) mass is 428 g/mol. The van der Waals surface area contributed by atoms with E-state index in [9.17, 15) is 9.59 Å². The van der Waals surface area contributed by atoms with Gasteiger partial charge in [-0.2, -0.15) is 0 Å². The summed E-state index contributed by atoms with van der Waals surface area (Å²) in [5.74, 6) is 0.375.